The van der Waals surface area contributed by atoms with Gasteiger partial charge in [-0.2, -0.15) is 4.37 Å². The highest BCUT2D eigenvalue weighted by Gasteiger charge is 2.24. The van der Waals surface area contributed by atoms with Gasteiger partial charge in [-0.3, -0.25) is 4.79 Å². The van der Waals surface area contributed by atoms with Crippen molar-refractivity contribution in [3.63, 3.8) is 0 Å². The Labute approximate surface area is 111 Å². The first kappa shape index (κ1) is 13.3. The topological polar surface area (TPSA) is 66.3 Å². The van der Waals surface area contributed by atoms with Gasteiger partial charge in [-0.15, -0.1) is 0 Å². The molecule has 5 nitrogen and oxygen atoms in total. The summed E-state index contributed by atoms with van der Waals surface area (Å²) in [5.41, 5.74) is 0. The van der Waals surface area contributed by atoms with Crippen molar-refractivity contribution in [2.24, 2.45) is 5.92 Å². The van der Waals surface area contributed by atoms with E-state index in [4.69, 9.17) is 5.11 Å². The van der Waals surface area contributed by atoms with Crippen LogP contribution in [0.25, 0.3) is 0 Å². The van der Waals surface area contributed by atoms with Gasteiger partial charge in [0.15, 0.2) is 0 Å². The summed E-state index contributed by atoms with van der Waals surface area (Å²) in [6, 6.07) is 0. The predicted octanol–water partition coefficient (Wildman–Crippen LogP) is 2.35. The van der Waals surface area contributed by atoms with Crippen LogP contribution in [0.1, 0.15) is 44.9 Å². The fourth-order valence-electron chi connectivity index (χ4n) is 2.24. The zero-order valence-electron chi connectivity index (χ0n) is 10.8. The van der Waals surface area contributed by atoms with Crippen LogP contribution in [0.15, 0.2) is 0 Å². The lowest BCUT2D eigenvalue weighted by molar-refractivity contribution is -0.138. The quantitative estimate of drug-likeness (QED) is 0.909. The van der Waals surface area contributed by atoms with E-state index in [1.165, 1.54) is 11.5 Å². The maximum absolute atomic E-state index is 10.8. The lowest BCUT2D eigenvalue weighted by Crippen LogP contribution is -2.36. The largest absolute Gasteiger partial charge is 0.481 e. The summed E-state index contributed by atoms with van der Waals surface area (Å²) in [5, 5.41) is 9.79. The summed E-state index contributed by atoms with van der Waals surface area (Å²) < 4.78 is 4.35. The summed E-state index contributed by atoms with van der Waals surface area (Å²) in [7, 11) is 0. The van der Waals surface area contributed by atoms with Crippen LogP contribution in [0.5, 0.6) is 0 Å². The van der Waals surface area contributed by atoms with Crippen molar-refractivity contribution in [2.45, 2.75) is 39.0 Å². The third-order valence-corrected chi connectivity index (χ3v) is 3.99. The molecule has 1 fully saturated rings. The highest BCUT2D eigenvalue weighted by molar-refractivity contribution is 7.09. The van der Waals surface area contributed by atoms with Gasteiger partial charge in [-0.1, -0.05) is 13.8 Å². The highest BCUT2D eigenvalue weighted by atomic mass is 32.1. The van der Waals surface area contributed by atoms with Gasteiger partial charge in [0.1, 0.15) is 5.82 Å². The lowest BCUT2D eigenvalue weighted by Gasteiger charge is -2.31. The Balaban J connectivity index is 2.01. The first-order valence-electron chi connectivity index (χ1n) is 6.36. The Morgan fingerprint density at radius 1 is 1.61 bits per heavy atom. The minimum atomic E-state index is -0.706. The molecule has 0 bridgehead atoms. The van der Waals surface area contributed by atoms with Crippen LogP contribution in [0.4, 0.5) is 5.13 Å². The molecule has 6 heteroatoms. The normalized spacial score (nSPS) is 20.4. The molecule has 1 aliphatic heterocycles. The number of rotatable bonds is 4. The number of piperidine rings is 1. The molecule has 1 unspecified atom stereocenters. The second kappa shape index (κ2) is 5.65. The van der Waals surface area contributed by atoms with Gasteiger partial charge in [0.2, 0.25) is 5.13 Å². The smallest absolute Gasteiger partial charge is 0.303 e. The maximum Gasteiger partial charge on any atom is 0.303 e. The lowest BCUT2D eigenvalue weighted by atomic mass is 9.95. The molecule has 18 heavy (non-hydrogen) atoms. The van der Waals surface area contributed by atoms with E-state index in [9.17, 15) is 4.79 Å². The Kier molecular flexibility index (Phi) is 4.16. The number of nitrogens with zero attached hydrogens (tertiary/aromatic N) is 3. The Bertz CT molecular complexity index is 419. The van der Waals surface area contributed by atoms with E-state index in [1.54, 1.807) is 0 Å². The second-order valence-electron chi connectivity index (χ2n) is 5.14. The zero-order valence-corrected chi connectivity index (χ0v) is 11.6. The van der Waals surface area contributed by atoms with E-state index < -0.39 is 5.97 Å². The van der Waals surface area contributed by atoms with Gasteiger partial charge < -0.3 is 10.0 Å². The third-order valence-electron chi connectivity index (χ3n) is 3.20. The monoisotopic (exact) mass is 269 g/mol. The number of hydrogen-bond acceptors (Lipinski definition) is 5. The molecule has 0 spiro atoms. The number of hydrogen-bond donors (Lipinski definition) is 1. The van der Waals surface area contributed by atoms with Crippen molar-refractivity contribution in [3.8, 4) is 0 Å². The van der Waals surface area contributed by atoms with Crippen LogP contribution in [-0.4, -0.2) is 33.5 Å². The van der Waals surface area contributed by atoms with Gasteiger partial charge in [0, 0.05) is 37.0 Å². The van der Waals surface area contributed by atoms with Gasteiger partial charge in [-0.25, -0.2) is 4.98 Å². The van der Waals surface area contributed by atoms with E-state index in [2.05, 4.69) is 28.1 Å². The number of carboxylic acid groups (broad SMARTS) is 1. The minimum Gasteiger partial charge on any atom is -0.481 e. The van der Waals surface area contributed by atoms with Crippen LogP contribution < -0.4 is 4.90 Å². The molecule has 1 aromatic heterocycles. The number of carbonyl (C=O) groups is 1. The van der Waals surface area contributed by atoms with E-state index in [1.807, 2.05) is 0 Å². The van der Waals surface area contributed by atoms with Crippen LogP contribution in [-0.2, 0) is 4.79 Å². The van der Waals surface area contributed by atoms with Crippen molar-refractivity contribution in [1.29, 1.82) is 0 Å². The molecule has 0 radical (unpaired) electrons. The molecule has 2 heterocycles. The fourth-order valence-corrected chi connectivity index (χ4v) is 3.08. The van der Waals surface area contributed by atoms with Crippen LogP contribution >= 0.6 is 11.5 Å². The minimum absolute atomic E-state index is 0.239. The number of aromatic nitrogens is 2. The molecule has 1 aliphatic rings. The first-order chi connectivity index (χ1) is 8.56. The standard InChI is InChI=1S/C12H19N3O2S/c1-8(2)11-13-12(18-14-11)15-5-3-4-9(7-15)6-10(16)17/h8-9H,3-7H2,1-2H3,(H,16,17). The van der Waals surface area contributed by atoms with Gasteiger partial charge >= 0.3 is 5.97 Å². The molecular weight excluding hydrogens is 250 g/mol. The Hall–Kier alpha value is -1.17. The highest BCUT2D eigenvalue weighted by Crippen LogP contribution is 2.27. The summed E-state index contributed by atoms with van der Waals surface area (Å²) in [5.74, 6) is 0.759. The first-order valence-corrected chi connectivity index (χ1v) is 7.14. The molecule has 1 N–H and O–H groups in total. The molecule has 0 saturated carbocycles. The molecule has 0 aliphatic carbocycles. The summed E-state index contributed by atoms with van der Waals surface area (Å²) in [6.07, 6.45) is 2.29. The van der Waals surface area contributed by atoms with Crippen LogP contribution in [0, 0.1) is 5.92 Å². The van der Waals surface area contributed by atoms with E-state index in [0.717, 1.165) is 36.9 Å². The summed E-state index contributed by atoms with van der Waals surface area (Å²) >= 11 is 1.42. The SMILES string of the molecule is CC(C)c1nsc(N2CCCC(CC(=O)O)C2)n1. The van der Waals surface area contributed by atoms with Crippen molar-refractivity contribution in [2.75, 3.05) is 18.0 Å². The van der Waals surface area contributed by atoms with E-state index in [0.29, 0.717) is 5.92 Å². The van der Waals surface area contributed by atoms with Crippen molar-refractivity contribution >= 4 is 22.6 Å². The molecule has 1 saturated heterocycles. The Morgan fingerprint density at radius 3 is 3.00 bits per heavy atom. The molecular formula is C12H19N3O2S. The van der Waals surface area contributed by atoms with Gasteiger partial charge in [0.25, 0.3) is 0 Å². The molecule has 100 valence electrons. The summed E-state index contributed by atoms with van der Waals surface area (Å²) in [6.45, 7) is 5.91. The van der Waals surface area contributed by atoms with Crippen molar-refractivity contribution in [1.82, 2.24) is 9.36 Å². The number of carboxylic acids is 1. The Morgan fingerprint density at radius 2 is 2.39 bits per heavy atom. The van der Waals surface area contributed by atoms with Crippen molar-refractivity contribution < 1.29 is 9.90 Å². The molecule has 1 aromatic rings. The second-order valence-corrected chi connectivity index (χ2v) is 5.87. The number of aliphatic carboxylic acids is 1. The third kappa shape index (κ3) is 3.19. The zero-order chi connectivity index (χ0) is 13.1. The van der Waals surface area contributed by atoms with Gasteiger partial charge in [-0.05, 0) is 18.8 Å². The van der Waals surface area contributed by atoms with Gasteiger partial charge in [0.05, 0.1) is 0 Å². The van der Waals surface area contributed by atoms with Crippen LogP contribution in [0.3, 0.4) is 0 Å². The number of anilines is 1. The molecule has 0 amide bonds. The van der Waals surface area contributed by atoms with Crippen LogP contribution in [0.2, 0.25) is 0 Å². The summed E-state index contributed by atoms with van der Waals surface area (Å²) in [4.78, 5) is 17.5. The average Bonchev–Trinajstić information content (AvgIpc) is 2.77. The average molecular weight is 269 g/mol. The molecule has 0 aromatic carbocycles. The maximum atomic E-state index is 10.8. The predicted molar refractivity (Wildman–Crippen MR) is 71.2 cm³/mol. The molecule has 1 atom stereocenters. The molecule has 2 rings (SSSR count). The van der Waals surface area contributed by atoms with E-state index >= 15 is 0 Å². The van der Waals surface area contributed by atoms with E-state index in [-0.39, 0.29) is 12.3 Å². The fraction of sp³-hybridized carbons (Fsp3) is 0.750. The van der Waals surface area contributed by atoms with Crippen molar-refractivity contribution in [3.05, 3.63) is 5.82 Å².